The molecule has 19 heavy (non-hydrogen) atoms. The van der Waals surface area contributed by atoms with Gasteiger partial charge in [-0.25, -0.2) is 4.98 Å². The molecule has 8 heteroatoms. The molecule has 0 bridgehead atoms. The summed E-state index contributed by atoms with van der Waals surface area (Å²) in [5, 5.41) is 3.02. The molecule has 1 rings (SSSR count). The van der Waals surface area contributed by atoms with Crippen LogP contribution in [0.1, 0.15) is 12.6 Å². The lowest BCUT2D eigenvalue weighted by Crippen LogP contribution is -2.39. The van der Waals surface area contributed by atoms with Crippen molar-refractivity contribution in [1.29, 1.82) is 0 Å². The Labute approximate surface area is 111 Å². The second-order valence-corrected chi connectivity index (χ2v) is 4.00. The van der Waals surface area contributed by atoms with Gasteiger partial charge in [0.2, 0.25) is 11.8 Å². The van der Waals surface area contributed by atoms with Gasteiger partial charge in [0.1, 0.15) is 5.82 Å². The molecular weight excluding hydrogens is 248 g/mol. The van der Waals surface area contributed by atoms with Gasteiger partial charge in [0.05, 0.1) is 31.2 Å². The number of primary amides is 2. The summed E-state index contributed by atoms with van der Waals surface area (Å²) >= 11 is 0. The number of hydrogen-bond donors (Lipinski definition) is 3. The lowest BCUT2D eigenvalue weighted by Gasteiger charge is -2.18. The molecule has 0 aliphatic heterocycles. The first-order chi connectivity index (χ1) is 9.01. The number of aromatic nitrogens is 2. The SMILES string of the molecule is CCNc1cnc(CN(CC(N)=O)CC(N)=O)cn1. The Balaban J connectivity index is 2.66. The van der Waals surface area contributed by atoms with Crippen molar-refractivity contribution in [2.24, 2.45) is 11.5 Å². The van der Waals surface area contributed by atoms with E-state index in [0.29, 0.717) is 11.5 Å². The molecule has 0 saturated heterocycles. The molecule has 0 aromatic carbocycles. The van der Waals surface area contributed by atoms with Gasteiger partial charge < -0.3 is 16.8 Å². The lowest BCUT2D eigenvalue weighted by atomic mass is 10.3. The van der Waals surface area contributed by atoms with E-state index in [1.54, 1.807) is 12.4 Å². The van der Waals surface area contributed by atoms with Crippen LogP contribution in [-0.2, 0) is 16.1 Å². The fourth-order valence-electron chi connectivity index (χ4n) is 1.55. The standard InChI is InChI=1S/C11H18N6O2/c1-2-14-11-4-15-8(3-16-11)5-17(6-9(12)18)7-10(13)19/h3-4H,2,5-7H2,1H3,(H2,12,18)(H2,13,19)(H,14,16). The van der Waals surface area contributed by atoms with Crippen molar-refractivity contribution in [3.63, 3.8) is 0 Å². The van der Waals surface area contributed by atoms with Crippen molar-refractivity contribution in [3.05, 3.63) is 18.1 Å². The quantitative estimate of drug-likeness (QED) is 0.535. The maximum Gasteiger partial charge on any atom is 0.231 e. The summed E-state index contributed by atoms with van der Waals surface area (Å²) in [5.74, 6) is -0.389. The molecule has 5 N–H and O–H groups in total. The summed E-state index contributed by atoms with van der Waals surface area (Å²) in [6.45, 7) is 2.88. The largest absolute Gasteiger partial charge is 0.369 e. The molecule has 0 atom stereocenters. The van der Waals surface area contributed by atoms with Crippen molar-refractivity contribution in [2.75, 3.05) is 25.0 Å². The maximum atomic E-state index is 10.9. The number of carbonyl (C=O) groups excluding carboxylic acids is 2. The predicted molar refractivity (Wildman–Crippen MR) is 69.9 cm³/mol. The van der Waals surface area contributed by atoms with Crippen LogP contribution >= 0.6 is 0 Å². The van der Waals surface area contributed by atoms with Crippen LogP contribution in [0.5, 0.6) is 0 Å². The Kier molecular flexibility index (Phi) is 5.68. The molecule has 0 aliphatic rings. The van der Waals surface area contributed by atoms with E-state index in [0.717, 1.165) is 6.54 Å². The average molecular weight is 266 g/mol. The summed E-state index contributed by atoms with van der Waals surface area (Å²) < 4.78 is 0. The predicted octanol–water partition coefficient (Wildman–Crippen LogP) is -1.32. The first-order valence-corrected chi connectivity index (χ1v) is 5.85. The number of nitrogens with zero attached hydrogens (tertiary/aromatic N) is 3. The van der Waals surface area contributed by atoms with Gasteiger partial charge in [-0.1, -0.05) is 0 Å². The zero-order valence-electron chi connectivity index (χ0n) is 10.8. The molecule has 0 unspecified atom stereocenters. The highest BCUT2D eigenvalue weighted by Gasteiger charge is 2.12. The summed E-state index contributed by atoms with van der Waals surface area (Å²) in [4.78, 5) is 31.6. The highest BCUT2D eigenvalue weighted by atomic mass is 16.2. The van der Waals surface area contributed by atoms with Crippen LogP contribution in [0.25, 0.3) is 0 Å². The third-order valence-electron chi connectivity index (χ3n) is 2.21. The number of anilines is 1. The van der Waals surface area contributed by atoms with E-state index in [1.807, 2.05) is 6.92 Å². The number of rotatable bonds is 8. The monoisotopic (exact) mass is 266 g/mol. The van der Waals surface area contributed by atoms with Gasteiger partial charge >= 0.3 is 0 Å². The van der Waals surface area contributed by atoms with Gasteiger partial charge in [-0.2, -0.15) is 0 Å². The highest BCUT2D eigenvalue weighted by molar-refractivity contribution is 5.79. The van der Waals surface area contributed by atoms with Crippen LogP contribution in [-0.4, -0.2) is 46.3 Å². The Morgan fingerprint density at radius 3 is 2.26 bits per heavy atom. The van der Waals surface area contributed by atoms with Gasteiger partial charge in [0.25, 0.3) is 0 Å². The minimum absolute atomic E-state index is 0.0560. The second-order valence-electron chi connectivity index (χ2n) is 4.00. The maximum absolute atomic E-state index is 10.9. The number of nitrogens with two attached hydrogens (primary N) is 2. The highest BCUT2D eigenvalue weighted by Crippen LogP contribution is 2.03. The molecule has 0 aliphatic carbocycles. The first-order valence-electron chi connectivity index (χ1n) is 5.85. The third kappa shape index (κ3) is 5.77. The number of nitrogens with one attached hydrogen (secondary N) is 1. The van der Waals surface area contributed by atoms with Crippen LogP contribution in [0.15, 0.2) is 12.4 Å². The van der Waals surface area contributed by atoms with Crippen molar-refractivity contribution in [2.45, 2.75) is 13.5 Å². The topological polar surface area (TPSA) is 127 Å². The molecule has 1 heterocycles. The third-order valence-corrected chi connectivity index (χ3v) is 2.21. The molecule has 0 fully saturated rings. The van der Waals surface area contributed by atoms with E-state index in [-0.39, 0.29) is 19.6 Å². The second kappa shape index (κ2) is 7.27. The Bertz CT molecular complexity index is 417. The van der Waals surface area contributed by atoms with E-state index in [1.165, 1.54) is 4.90 Å². The van der Waals surface area contributed by atoms with Crippen LogP contribution in [0.4, 0.5) is 5.82 Å². The molecule has 0 spiro atoms. The summed E-state index contributed by atoms with van der Waals surface area (Å²) in [6, 6.07) is 0. The molecule has 104 valence electrons. The Morgan fingerprint density at radius 2 is 1.84 bits per heavy atom. The van der Waals surface area contributed by atoms with Gasteiger partial charge in [-0.15, -0.1) is 0 Å². The van der Waals surface area contributed by atoms with Crippen molar-refractivity contribution in [3.8, 4) is 0 Å². The fourth-order valence-corrected chi connectivity index (χ4v) is 1.55. The number of amides is 2. The molecule has 0 saturated carbocycles. The van der Waals surface area contributed by atoms with Gasteiger partial charge in [-0.05, 0) is 6.92 Å². The van der Waals surface area contributed by atoms with Gasteiger partial charge in [-0.3, -0.25) is 19.5 Å². The van der Waals surface area contributed by atoms with E-state index in [2.05, 4.69) is 15.3 Å². The Hall–Kier alpha value is -2.22. The first kappa shape index (κ1) is 14.8. The summed E-state index contributed by atoms with van der Waals surface area (Å²) in [6.07, 6.45) is 3.17. The summed E-state index contributed by atoms with van der Waals surface area (Å²) in [7, 11) is 0. The van der Waals surface area contributed by atoms with Crippen LogP contribution < -0.4 is 16.8 Å². The molecule has 1 aromatic rings. The molecule has 2 amide bonds. The lowest BCUT2D eigenvalue weighted by molar-refractivity contribution is -0.122. The zero-order chi connectivity index (χ0) is 14.3. The minimum atomic E-state index is -0.529. The average Bonchev–Trinajstić information content (AvgIpc) is 2.30. The molecular formula is C11H18N6O2. The van der Waals surface area contributed by atoms with Crippen LogP contribution in [0.3, 0.4) is 0 Å². The summed E-state index contributed by atoms with van der Waals surface area (Å²) in [5.41, 5.74) is 10.8. The molecule has 0 radical (unpaired) electrons. The van der Waals surface area contributed by atoms with E-state index >= 15 is 0 Å². The number of hydrogen-bond acceptors (Lipinski definition) is 6. The molecule has 8 nitrogen and oxygen atoms in total. The van der Waals surface area contributed by atoms with Gasteiger partial charge in [0.15, 0.2) is 0 Å². The zero-order valence-corrected chi connectivity index (χ0v) is 10.8. The van der Waals surface area contributed by atoms with E-state index in [9.17, 15) is 9.59 Å². The van der Waals surface area contributed by atoms with Crippen molar-refractivity contribution >= 4 is 17.6 Å². The van der Waals surface area contributed by atoms with Crippen molar-refractivity contribution < 1.29 is 9.59 Å². The fraction of sp³-hybridized carbons (Fsp3) is 0.455. The van der Waals surface area contributed by atoms with Crippen LogP contribution in [0, 0.1) is 0 Å². The van der Waals surface area contributed by atoms with Crippen LogP contribution in [0.2, 0.25) is 0 Å². The minimum Gasteiger partial charge on any atom is -0.369 e. The van der Waals surface area contributed by atoms with E-state index in [4.69, 9.17) is 11.5 Å². The molecule has 1 aromatic heterocycles. The normalized spacial score (nSPS) is 10.4. The Morgan fingerprint density at radius 1 is 1.21 bits per heavy atom. The van der Waals surface area contributed by atoms with E-state index < -0.39 is 11.8 Å². The smallest absolute Gasteiger partial charge is 0.231 e. The van der Waals surface area contributed by atoms with Crippen molar-refractivity contribution in [1.82, 2.24) is 14.9 Å². The number of carbonyl (C=O) groups is 2. The van der Waals surface area contributed by atoms with Gasteiger partial charge in [0, 0.05) is 13.1 Å².